The molecule has 192 valence electrons. The number of hydrogen-bond acceptors (Lipinski definition) is 2. The summed E-state index contributed by atoms with van der Waals surface area (Å²) in [6.07, 6.45) is 0. The first-order chi connectivity index (χ1) is 4.00. The number of rotatable bonds is 0. The van der Waals surface area contributed by atoms with Crippen LogP contribution in [-0.4, -0.2) is 286 Å². The Labute approximate surface area is 391 Å². The van der Waals surface area contributed by atoms with Crippen LogP contribution in [0.3, 0.4) is 0 Å². The van der Waals surface area contributed by atoms with Crippen LogP contribution in [0.15, 0.2) is 0 Å². The van der Waals surface area contributed by atoms with Crippen LogP contribution in [0.4, 0.5) is 14.1 Å². The minimum atomic E-state index is -4.64. The Hall–Kier alpha value is 10.0. The average Bonchev–Trinajstić information content (AvgIpc) is 1.12. The van der Waals surface area contributed by atoms with Crippen molar-refractivity contribution in [1.29, 1.82) is 0 Å². The molecule has 0 aliphatic carbocycles. The van der Waals surface area contributed by atoms with Crippen LogP contribution >= 0.6 is 90.1 Å². The van der Waals surface area contributed by atoms with Gasteiger partial charge in [-0.3, -0.25) is 14.1 Å². The first-order valence-corrected chi connectivity index (χ1v) is 4.70. The molecule has 0 aromatic heterocycles. The Kier molecular flexibility index (Phi) is 821. The molecule has 0 amide bonds. The van der Waals surface area contributed by atoms with Crippen LogP contribution in [0.1, 0.15) is 0 Å². The molecule has 0 saturated carbocycles. The van der Waals surface area contributed by atoms with Gasteiger partial charge in [0.15, 0.2) is 139 Å². The third-order valence-electron chi connectivity index (χ3n) is 0. The van der Waals surface area contributed by atoms with Crippen LogP contribution in [-0.2, 0) is 9.13 Å². The molecule has 0 bridgehead atoms. The third kappa shape index (κ3) is 577. The van der Waals surface area contributed by atoms with Gasteiger partial charge in [-0.2, -0.15) is 0 Å². The molecule has 0 saturated heterocycles. The van der Waals surface area contributed by atoms with Crippen LogP contribution in [0.5, 0.6) is 0 Å². The molecule has 0 unspecified atom stereocenters. The number of hydrogen-bond donors (Lipinski definition) is 6. The van der Waals surface area contributed by atoms with E-state index in [1.54, 1.807) is 0 Å². The van der Waals surface area contributed by atoms with Gasteiger partial charge in [0.25, 0.3) is 0 Å². The molecule has 0 heterocycles. The van der Waals surface area contributed by atoms with E-state index in [0.717, 1.165) is 0 Å². The van der Waals surface area contributed by atoms with Crippen molar-refractivity contribution in [3.05, 3.63) is 0 Å². The molecule has 0 aromatic rings. The Balaban J connectivity index is -0.00000000117. The zero-order valence-electron chi connectivity index (χ0n) is 8.07. The third-order valence-corrected chi connectivity index (χ3v) is 0. The van der Waals surface area contributed by atoms with Gasteiger partial charge in [-0.1, -0.05) is 0 Å². The SMILES string of the molecule is Cl.Cl.Cl.Cl.Cl.Cl.F.F.F.O=P(O)(O)O.O=P(O)(O)O.[AlH3].[AlH3].[AlH3].[AlH3].[AlH3].[AlH3].[AlH3].[AlH3].[NaH].[NaH].[NaH].[NaH]. The van der Waals surface area contributed by atoms with Gasteiger partial charge >= 0.3 is 134 Å². The second kappa shape index (κ2) is 126. The first-order valence-electron chi connectivity index (χ1n) is 1.57. The van der Waals surface area contributed by atoms with Crippen LogP contribution < -0.4 is 0 Å². The van der Waals surface area contributed by atoms with Gasteiger partial charge in [0.05, 0.1) is 0 Å². The molecule has 0 radical (unpaired) electrons. The summed E-state index contributed by atoms with van der Waals surface area (Å²) in [5.74, 6) is 0. The molecule has 0 aliphatic heterocycles. The molecule has 0 rings (SSSR count). The van der Waals surface area contributed by atoms with E-state index in [0.29, 0.717) is 0 Å². The van der Waals surface area contributed by atoms with Gasteiger partial charge in [-0.25, -0.2) is 9.13 Å². The average molecular weight is 811 g/mol. The molecule has 0 atom stereocenters. The minimum absolute atomic E-state index is 0. The van der Waals surface area contributed by atoms with E-state index >= 15 is 0 Å². The zero-order valence-corrected chi connectivity index (χ0v) is 14.8. The summed E-state index contributed by atoms with van der Waals surface area (Å²) in [5.41, 5.74) is 0. The van der Waals surface area contributed by atoms with Crippen molar-refractivity contribution in [3.63, 3.8) is 0 Å². The number of phosphoric acid groups is 2. The summed E-state index contributed by atoms with van der Waals surface area (Å²) in [4.78, 5) is 43.1. The fourth-order valence-corrected chi connectivity index (χ4v) is 0. The Bertz CT molecular complexity index is 188. The summed E-state index contributed by atoms with van der Waals surface area (Å²) in [5, 5.41) is 0. The van der Waals surface area contributed by atoms with E-state index < -0.39 is 15.6 Å². The van der Waals surface area contributed by atoms with Gasteiger partial charge in [0, 0.05) is 0 Å². The Morgan fingerprint density at radius 3 is 0.323 bits per heavy atom. The molecule has 8 nitrogen and oxygen atoms in total. The van der Waals surface area contributed by atoms with E-state index in [1.165, 1.54) is 0 Å². The summed E-state index contributed by atoms with van der Waals surface area (Å²) in [6, 6.07) is 0. The van der Waals surface area contributed by atoms with Crippen LogP contribution in [0, 0.1) is 0 Å². The Morgan fingerprint density at radius 1 is 0.323 bits per heavy atom. The van der Waals surface area contributed by atoms with Gasteiger partial charge in [-0.05, 0) is 0 Å². The second-order valence-electron chi connectivity index (χ2n) is 1.03. The van der Waals surface area contributed by atoms with E-state index in [9.17, 15) is 0 Å². The van der Waals surface area contributed by atoms with Gasteiger partial charge in [0.1, 0.15) is 0 Å². The van der Waals surface area contributed by atoms with Gasteiger partial charge in [0.2, 0.25) is 0 Å². The van der Waals surface area contributed by atoms with E-state index in [1.807, 2.05) is 0 Å². The maximum atomic E-state index is 8.88. The topological polar surface area (TPSA) is 156 Å². The zero-order chi connectivity index (χ0) is 9.00. The molecular weight excluding hydrogens is 767 g/mol. The normalized spacial score (nSPS) is 3.81. The predicted octanol–water partition coefficient (Wildman–Crippen LogP) is -10.9. The van der Waals surface area contributed by atoms with Gasteiger partial charge in [-0.15, -0.1) is 74.4 Å². The Morgan fingerprint density at radius 2 is 0.323 bits per heavy atom. The van der Waals surface area contributed by atoms with E-state index in [2.05, 4.69) is 0 Å². The second-order valence-corrected chi connectivity index (χ2v) is 3.08. The fraction of sp³-hybridized carbons (Fsp3) is 0. The molecule has 31 heteroatoms. The van der Waals surface area contributed by atoms with Crippen LogP contribution in [0.25, 0.3) is 0 Å². The van der Waals surface area contributed by atoms with Gasteiger partial charge < -0.3 is 29.4 Å². The first kappa shape index (κ1) is 202. The van der Waals surface area contributed by atoms with Crippen molar-refractivity contribution in [2.75, 3.05) is 0 Å². The molecule has 0 spiro atoms. The van der Waals surface area contributed by atoms with Crippen molar-refractivity contribution in [2.24, 2.45) is 0 Å². The van der Waals surface area contributed by atoms with Crippen molar-refractivity contribution in [3.8, 4) is 0 Å². The molecule has 0 aliphatic rings. The quantitative estimate of drug-likeness (QED) is 0.104. The van der Waals surface area contributed by atoms with Crippen LogP contribution in [0.2, 0.25) is 0 Å². The molecule has 0 fully saturated rings. The molecule has 0 aromatic carbocycles. The van der Waals surface area contributed by atoms with E-state index in [4.69, 9.17) is 38.5 Å². The van der Waals surface area contributed by atoms with Crippen molar-refractivity contribution in [2.45, 2.75) is 0 Å². The number of halogens is 9. The van der Waals surface area contributed by atoms with Crippen molar-refractivity contribution >= 4 is 347 Å². The summed E-state index contributed by atoms with van der Waals surface area (Å²) < 4.78 is 17.8. The molecular formula is H43Al8Cl6F3Na4O8P2. The summed E-state index contributed by atoms with van der Waals surface area (Å²) in [7, 11) is -9.28. The van der Waals surface area contributed by atoms with Crippen molar-refractivity contribution < 1.29 is 52.6 Å². The predicted molar refractivity (Wildman–Crippen MR) is 188 cm³/mol. The fourth-order valence-electron chi connectivity index (χ4n) is 0. The maximum absolute atomic E-state index is 8.88. The molecule has 6 N–H and O–H groups in total. The summed E-state index contributed by atoms with van der Waals surface area (Å²) >= 11 is 0. The molecule has 31 heavy (non-hydrogen) atoms. The standard InChI is InChI=1S/8Al.6ClH.3FH.4Na.2H3O4P.28H/c;;;;;;;;;;;;;;;;;;;;;2*1-5(2,3)4;;;;;;;;;;;;;;;;;;;;;;;;;;;;/h;;;;;;;;9*1H;;;;;2*(H3,1,2,3,4);;;;;;;;;;;;;;;;;;;;;;;;;;;;. The van der Waals surface area contributed by atoms with Crippen molar-refractivity contribution in [1.82, 2.24) is 0 Å². The summed E-state index contributed by atoms with van der Waals surface area (Å²) in [6.45, 7) is 0. The van der Waals surface area contributed by atoms with E-state index in [-0.39, 0.29) is 346 Å². The monoisotopic (exact) mass is 808 g/mol.